The van der Waals surface area contributed by atoms with E-state index in [4.69, 9.17) is 4.98 Å². The van der Waals surface area contributed by atoms with Crippen LogP contribution in [0.15, 0.2) is 91.0 Å². The predicted octanol–water partition coefficient (Wildman–Crippen LogP) is 12.3. The Hall–Kier alpha value is -4.41. The summed E-state index contributed by atoms with van der Waals surface area (Å²) in [5, 5.41) is 0. The number of benzene rings is 3. The van der Waals surface area contributed by atoms with Crippen molar-refractivity contribution in [1.82, 2.24) is 9.97 Å². The molecule has 0 spiro atoms. The van der Waals surface area contributed by atoms with E-state index in [1.807, 2.05) is 72.8 Å². The largest absolute Gasteiger partial charge is 0.380 e. The molecular weight excluding hydrogens is 663 g/mol. The van der Waals surface area contributed by atoms with Crippen LogP contribution in [0.4, 0.5) is 26.3 Å². The molecule has 1 aliphatic carbocycles. The zero-order chi connectivity index (χ0) is 34.2. The van der Waals surface area contributed by atoms with E-state index in [2.05, 4.69) is 4.98 Å². The van der Waals surface area contributed by atoms with Crippen molar-refractivity contribution in [3.05, 3.63) is 122 Å². The molecule has 48 heavy (non-hydrogen) atoms. The molecule has 0 bridgehead atoms. The fourth-order valence-electron chi connectivity index (χ4n) is 6.50. The molecule has 0 unspecified atom stereocenters. The van der Waals surface area contributed by atoms with Gasteiger partial charge in [-0.15, -0.1) is 22.7 Å². The van der Waals surface area contributed by atoms with E-state index in [0.29, 0.717) is 21.1 Å². The number of rotatable bonds is 6. The third-order valence-corrected chi connectivity index (χ3v) is 11.0. The molecule has 0 saturated carbocycles. The van der Waals surface area contributed by atoms with E-state index < -0.39 is 28.9 Å². The Balaban J connectivity index is 1.33. The van der Waals surface area contributed by atoms with E-state index in [1.165, 1.54) is 26.8 Å². The molecule has 6 aromatic rings. The third kappa shape index (κ3) is 4.79. The molecule has 3 aromatic carbocycles. The summed E-state index contributed by atoms with van der Waals surface area (Å²) in [7, 11) is 0. The minimum Gasteiger partial charge on any atom is -0.337 e. The van der Waals surface area contributed by atoms with Gasteiger partial charge < -0.3 is 4.98 Å². The average Bonchev–Trinajstić information content (AvgIpc) is 3.76. The van der Waals surface area contributed by atoms with E-state index >= 15 is 26.3 Å². The number of aromatic amines is 1. The molecule has 7 rings (SSSR count). The number of aryl methyl sites for hydroxylation is 3. The Morgan fingerprint density at radius 1 is 0.604 bits per heavy atom. The van der Waals surface area contributed by atoms with Crippen molar-refractivity contribution in [1.29, 1.82) is 0 Å². The molecule has 0 atom stereocenters. The highest BCUT2D eigenvalue weighted by Crippen LogP contribution is 2.66. The summed E-state index contributed by atoms with van der Waals surface area (Å²) in [5.74, 6) is -15.2. The Morgan fingerprint density at radius 3 is 1.75 bits per heavy atom. The molecule has 10 heteroatoms. The van der Waals surface area contributed by atoms with Crippen molar-refractivity contribution < 1.29 is 26.3 Å². The van der Waals surface area contributed by atoms with Crippen LogP contribution >= 0.6 is 22.7 Å². The highest BCUT2D eigenvalue weighted by atomic mass is 32.1. The quantitative estimate of drug-likeness (QED) is 0.173. The van der Waals surface area contributed by atoms with Gasteiger partial charge in [0.15, 0.2) is 0 Å². The normalized spacial score (nSPS) is 16.5. The van der Waals surface area contributed by atoms with E-state index in [1.54, 1.807) is 19.1 Å². The van der Waals surface area contributed by atoms with E-state index in [9.17, 15) is 0 Å². The first-order valence-corrected chi connectivity index (χ1v) is 16.8. The van der Waals surface area contributed by atoms with Crippen molar-refractivity contribution in [3.8, 4) is 44.3 Å². The summed E-state index contributed by atoms with van der Waals surface area (Å²) in [5.41, 5.74) is 2.04. The number of hydrogen-bond donors (Lipinski definition) is 1. The highest BCUT2D eigenvalue weighted by molar-refractivity contribution is 7.16. The molecule has 0 fully saturated rings. The van der Waals surface area contributed by atoms with Gasteiger partial charge in [-0.2, -0.15) is 26.3 Å². The van der Waals surface area contributed by atoms with Gasteiger partial charge in [-0.05, 0) is 50.5 Å². The molecule has 3 heterocycles. The Bertz CT molecular complexity index is 2130. The lowest BCUT2D eigenvalue weighted by Crippen LogP contribution is -2.49. The van der Waals surface area contributed by atoms with Crippen LogP contribution in [0.25, 0.3) is 55.5 Å². The second-order valence-electron chi connectivity index (χ2n) is 11.9. The van der Waals surface area contributed by atoms with Crippen molar-refractivity contribution in [2.75, 3.05) is 0 Å². The van der Waals surface area contributed by atoms with Crippen molar-refractivity contribution in [3.63, 3.8) is 0 Å². The molecule has 3 aromatic heterocycles. The van der Waals surface area contributed by atoms with Gasteiger partial charge in [-0.3, -0.25) is 0 Å². The SMILES string of the molecule is Cc1cc(C2=C(c3c(C)sc(-c4ccc(-c5nc(-c6ccccc6)c(-c6ccccc6)[nH]5)cc4)c3C)C(F)(F)C(F)(F)C2(F)F)c(C)s1. The van der Waals surface area contributed by atoms with Crippen LogP contribution in [0, 0.1) is 27.7 Å². The number of H-pyrrole nitrogens is 1. The summed E-state index contributed by atoms with van der Waals surface area (Å²) in [6.45, 7) is 6.13. The lowest BCUT2D eigenvalue weighted by atomic mass is 9.91. The molecule has 244 valence electrons. The summed E-state index contributed by atoms with van der Waals surface area (Å²) >= 11 is 2.21. The molecule has 0 radical (unpaired) electrons. The molecule has 1 N–H and O–H groups in total. The monoisotopic (exact) mass is 690 g/mol. The topological polar surface area (TPSA) is 28.7 Å². The van der Waals surface area contributed by atoms with Crippen LogP contribution < -0.4 is 0 Å². The number of nitrogens with zero attached hydrogens (tertiary/aromatic N) is 1. The number of nitrogens with one attached hydrogen (secondary N) is 1. The molecule has 2 nitrogen and oxygen atoms in total. The number of hydrogen-bond acceptors (Lipinski definition) is 3. The fourth-order valence-corrected chi connectivity index (χ4v) is 8.60. The summed E-state index contributed by atoms with van der Waals surface area (Å²) < 4.78 is 92.2. The van der Waals surface area contributed by atoms with Crippen LogP contribution in [0.5, 0.6) is 0 Å². The first kappa shape index (κ1) is 32.2. The van der Waals surface area contributed by atoms with Crippen LogP contribution in [-0.4, -0.2) is 27.7 Å². The molecule has 0 saturated heterocycles. The zero-order valence-corrected chi connectivity index (χ0v) is 27.8. The summed E-state index contributed by atoms with van der Waals surface area (Å²) in [6.07, 6.45) is 0. The van der Waals surface area contributed by atoms with Crippen molar-refractivity contribution >= 4 is 33.8 Å². The standard InChI is InChI=1S/C38H28F6N2S2/c1-20-19-28(22(3)47-20)30-31(37(41,42)38(43,44)36(30,39)40)29-21(2)34(48-23(29)4)26-15-17-27(18-16-26)35-45-32(24-11-7-5-8-12-24)33(46-35)25-13-9-6-10-14-25/h5-19H,1-4H3,(H,45,46). The van der Waals surface area contributed by atoms with Crippen LogP contribution in [0.2, 0.25) is 0 Å². The minimum absolute atomic E-state index is 0.242. The predicted molar refractivity (Wildman–Crippen MR) is 183 cm³/mol. The number of aromatic nitrogens is 2. The van der Waals surface area contributed by atoms with Gasteiger partial charge in [0, 0.05) is 52.9 Å². The second kappa shape index (κ2) is 11.3. The summed E-state index contributed by atoms with van der Waals surface area (Å²) in [4.78, 5) is 9.99. The van der Waals surface area contributed by atoms with E-state index in [-0.39, 0.29) is 26.4 Å². The van der Waals surface area contributed by atoms with Gasteiger partial charge >= 0.3 is 17.8 Å². The lowest BCUT2D eigenvalue weighted by Gasteiger charge is -2.26. The number of alkyl halides is 6. The molecule has 0 aliphatic heterocycles. The smallest absolute Gasteiger partial charge is 0.337 e. The van der Waals surface area contributed by atoms with Gasteiger partial charge in [-0.25, -0.2) is 4.98 Å². The fraction of sp³-hybridized carbons (Fsp3) is 0.184. The van der Waals surface area contributed by atoms with Crippen molar-refractivity contribution in [2.24, 2.45) is 0 Å². The average molecular weight is 691 g/mol. The van der Waals surface area contributed by atoms with Crippen LogP contribution in [0.3, 0.4) is 0 Å². The number of halogens is 6. The van der Waals surface area contributed by atoms with Crippen LogP contribution in [0.1, 0.15) is 31.3 Å². The van der Waals surface area contributed by atoms with E-state index in [0.717, 1.165) is 50.8 Å². The first-order chi connectivity index (χ1) is 22.7. The maximum atomic E-state index is 15.6. The van der Waals surface area contributed by atoms with Gasteiger partial charge in [0.2, 0.25) is 0 Å². The Morgan fingerprint density at radius 2 is 1.17 bits per heavy atom. The molecule has 1 aliphatic rings. The van der Waals surface area contributed by atoms with Crippen molar-refractivity contribution in [2.45, 2.75) is 45.5 Å². The Kier molecular flexibility index (Phi) is 7.60. The molecule has 0 amide bonds. The lowest BCUT2D eigenvalue weighted by molar-refractivity contribution is -0.254. The third-order valence-electron chi connectivity index (χ3n) is 8.78. The second-order valence-corrected chi connectivity index (χ2v) is 14.6. The first-order valence-electron chi connectivity index (χ1n) is 15.1. The maximum absolute atomic E-state index is 15.6. The number of allylic oxidation sites excluding steroid dienone is 2. The summed E-state index contributed by atoms with van der Waals surface area (Å²) in [6, 6.07) is 28.2. The van der Waals surface area contributed by atoms with Gasteiger partial charge in [-0.1, -0.05) is 84.9 Å². The highest BCUT2D eigenvalue weighted by Gasteiger charge is 2.80. The zero-order valence-electron chi connectivity index (χ0n) is 26.2. The maximum Gasteiger partial charge on any atom is 0.380 e. The minimum atomic E-state index is -5.60. The van der Waals surface area contributed by atoms with Gasteiger partial charge in [0.05, 0.1) is 11.4 Å². The molecular formula is C38H28F6N2S2. The Labute approximate surface area is 281 Å². The van der Waals surface area contributed by atoms with Crippen LogP contribution in [-0.2, 0) is 0 Å². The van der Waals surface area contributed by atoms with Gasteiger partial charge in [0.1, 0.15) is 5.82 Å². The number of imidazole rings is 1. The number of thiophene rings is 2. The van der Waals surface area contributed by atoms with Gasteiger partial charge in [0.25, 0.3) is 0 Å².